The van der Waals surface area contributed by atoms with E-state index < -0.39 is 4.92 Å². The number of amides is 1. The number of halogens is 1. The van der Waals surface area contributed by atoms with Gasteiger partial charge in [-0.2, -0.15) is 5.10 Å². The Bertz CT molecular complexity index is 724. The molecule has 2 aromatic rings. The van der Waals surface area contributed by atoms with Gasteiger partial charge in [-0.1, -0.05) is 0 Å². The van der Waals surface area contributed by atoms with Crippen LogP contribution in [0, 0.1) is 10.1 Å². The van der Waals surface area contributed by atoms with Crippen LogP contribution >= 0.6 is 15.9 Å². The zero-order chi connectivity index (χ0) is 15.4. The lowest BCUT2D eigenvalue weighted by atomic mass is 10.1. The zero-order valence-electron chi connectivity index (χ0n) is 10.9. The highest BCUT2D eigenvalue weighted by Gasteiger charge is 2.12. The van der Waals surface area contributed by atoms with Crippen LogP contribution in [0.1, 0.15) is 12.7 Å². The van der Waals surface area contributed by atoms with Gasteiger partial charge in [-0.15, -0.1) is 0 Å². The van der Waals surface area contributed by atoms with Gasteiger partial charge >= 0.3 is 0 Å². The fourth-order valence-electron chi connectivity index (χ4n) is 1.57. The molecule has 0 aliphatic carbocycles. The van der Waals surface area contributed by atoms with Crippen molar-refractivity contribution >= 4 is 33.7 Å². The molecule has 1 amide bonds. The molecule has 0 aliphatic heterocycles. The summed E-state index contributed by atoms with van der Waals surface area (Å²) in [6.45, 7) is 1.35. The number of nitrogens with one attached hydrogen (secondary N) is 1. The first-order valence-corrected chi connectivity index (χ1v) is 6.60. The molecule has 0 fully saturated rings. The fraction of sp³-hybridized carbons (Fsp3) is 0.0769. The molecule has 1 aromatic heterocycles. The molecule has 21 heavy (non-hydrogen) atoms. The van der Waals surface area contributed by atoms with E-state index in [0.29, 0.717) is 21.6 Å². The molecule has 0 bridgehead atoms. The Balaban J connectivity index is 2.23. The molecule has 108 valence electrons. The van der Waals surface area contributed by atoms with E-state index in [1.165, 1.54) is 25.3 Å². The van der Waals surface area contributed by atoms with Crippen molar-refractivity contribution in [3.05, 3.63) is 50.7 Å². The SMILES string of the molecule is CC(=O)N/N=C\c1ccc(-c2ccc([N+](=O)[O-])cc2Br)o1. The van der Waals surface area contributed by atoms with E-state index in [2.05, 4.69) is 26.5 Å². The number of rotatable bonds is 4. The van der Waals surface area contributed by atoms with E-state index in [4.69, 9.17) is 4.42 Å². The Morgan fingerprint density at radius 2 is 2.19 bits per heavy atom. The highest BCUT2D eigenvalue weighted by molar-refractivity contribution is 9.10. The summed E-state index contributed by atoms with van der Waals surface area (Å²) in [5.41, 5.74) is 2.93. The Morgan fingerprint density at radius 3 is 2.81 bits per heavy atom. The molecule has 0 atom stereocenters. The second-order valence-corrected chi connectivity index (χ2v) is 4.90. The van der Waals surface area contributed by atoms with E-state index in [0.717, 1.165) is 0 Å². The van der Waals surface area contributed by atoms with E-state index in [1.807, 2.05) is 0 Å². The van der Waals surface area contributed by atoms with Crippen molar-refractivity contribution in [2.24, 2.45) is 5.10 Å². The molecule has 7 nitrogen and oxygen atoms in total. The normalized spacial score (nSPS) is 10.8. The number of hydrogen-bond donors (Lipinski definition) is 1. The smallest absolute Gasteiger partial charge is 0.270 e. The topological polar surface area (TPSA) is 97.7 Å². The van der Waals surface area contributed by atoms with Crippen molar-refractivity contribution in [1.29, 1.82) is 0 Å². The highest BCUT2D eigenvalue weighted by atomic mass is 79.9. The molecular formula is C13H10BrN3O4. The summed E-state index contributed by atoms with van der Waals surface area (Å²) in [5, 5.41) is 14.4. The lowest BCUT2D eigenvalue weighted by molar-refractivity contribution is -0.384. The minimum absolute atomic E-state index is 0.00961. The number of benzene rings is 1. The number of nitrogens with zero attached hydrogens (tertiary/aromatic N) is 2. The molecule has 0 aliphatic rings. The van der Waals surface area contributed by atoms with Crippen molar-refractivity contribution in [2.75, 3.05) is 0 Å². The van der Waals surface area contributed by atoms with Gasteiger partial charge in [0.2, 0.25) is 5.91 Å². The molecule has 8 heteroatoms. The van der Waals surface area contributed by atoms with Crippen LogP contribution in [0.15, 0.2) is 44.3 Å². The Kier molecular flexibility index (Phi) is 4.49. The standard InChI is InChI=1S/C13H10BrN3O4/c1-8(18)16-15-7-10-3-5-13(21-10)11-4-2-9(17(19)20)6-12(11)14/h2-7H,1H3,(H,16,18)/b15-7-. The lowest BCUT2D eigenvalue weighted by Crippen LogP contribution is -2.12. The van der Waals surface area contributed by atoms with E-state index in [9.17, 15) is 14.9 Å². The number of non-ortho nitro benzene ring substituents is 1. The minimum atomic E-state index is -0.470. The quantitative estimate of drug-likeness (QED) is 0.519. The van der Waals surface area contributed by atoms with Crippen LogP contribution in [0.4, 0.5) is 5.69 Å². The third-order valence-electron chi connectivity index (χ3n) is 2.47. The average Bonchev–Trinajstić information content (AvgIpc) is 2.86. The largest absolute Gasteiger partial charge is 0.455 e. The van der Waals surface area contributed by atoms with Gasteiger partial charge in [-0.05, 0) is 34.1 Å². The van der Waals surface area contributed by atoms with Crippen LogP contribution in [0.3, 0.4) is 0 Å². The number of carbonyl (C=O) groups is 1. The maximum atomic E-state index is 10.7. The highest BCUT2D eigenvalue weighted by Crippen LogP contribution is 2.32. The van der Waals surface area contributed by atoms with Crippen molar-refractivity contribution in [2.45, 2.75) is 6.92 Å². The molecule has 1 N–H and O–H groups in total. The van der Waals surface area contributed by atoms with Crippen molar-refractivity contribution < 1.29 is 14.1 Å². The fourth-order valence-corrected chi connectivity index (χ4v) is 2.13. The first-order valence-electron chi connectivity index (χ1n) is 5.81. The number of nitro groups is 1. The van der Waals surface area contributed by atoms with Crippen LogP contribution in [0.5, 0.6) is 0 Å². The van der Waals surface area contributed by atoms with Crippen LogP contribution in [-0.4, -0.2) is 17.0 Å². The van der Waals surface area contributed by atoms with Gasteiger partial charge in [-0.3, -0.25) is 14.9 Å². The van der Waals surface area contributed by atoms with Crippen molar-refractivity contribution in [3.63, 3.8) is 0 Å². The summed E-state index contributed by atoms with van der Waals surface area (Å²) in [6, 6.07) is 7.78. The van der Waals surface area contributed by atoms with E-state index in [1.54, 1.807) is 18.2 Å². The number of nitro benzene ring substituents is 1. The summed E-state index contributed by atoms with van der Waals surface area (Å²) >= 11 is 3.28. The maximum absolute atomic E-state index is 10.7. The molecule has 1 aromatic carbocycles. The van der Waals surface area contributed by atoms with Crippen molar-refractivity contribution in [3.8, 4) is 11.3 Å². The molecule has 0 unspecified atom stereocenters. The molecular weight excluding hydrogens is 342 g/mol. The Morgan fingerprint density at radius 1 is 1.43 bits per heavy atom. The summed E-state index contributed by atoms with van der Waals surface area (Å²) in [5.74, 6) is 0.696. The van der Waals surface area contributed by atoms with Crippen LogP contribution in [0.25, 0.3) is 11.3 Å². The predicted octanol–water partition coefficient (Wildman–Crippen LogP) is 3.09. The van der Waals surface area contributed by atoms with Gasteiger partial charge in [0.25, 0.3) is 5.69 Å². The van der Waals surface area contributed by atoms with Crippen LogP contribution in [-0.2, 0) is 4.79 Å². The first-order chi connectivity index (χ1) is 9.97. The molecule has 0 radical (unpaired) electrons. The zero-order valence-corrected chi connectivity index (χ0v) is 12.5. The molecule has 0 saturated carbocycles. The summed E-state index contributed by atoms with van der Waals surface area (Å²) in [7, 11) is 0. The second kappa shape index (κ2) is 6.31. The average molecular weight is 352 g/mol. The summed E-state index contributed by atoms with van der Waals surface area (Å²) in [6.07, 6.45) is 1.37. The van der Waals surface area contributed by atoms with Gasteiger partial charge in [0, 0.05) is 29.1 Å². The van der Waals surface area contributed by atoms with Gasteiger partial charge in [0.15, 0.2) is 0 Å². The number of hydrazone groups is 1. The Labute approximate surface area is 127 Å². The number of furan rings is 1. The molecule has 0 spiro atoms. The van der Waals surface area contributed by atoms with E-state index >= 15 is 0 Å². The second-order valence-electron chi connectivity index (χ2n) is 4.05. The van der Waals surface area contributed by atoms with Gasteiger partial charge in [0.1, 0.15) is 11.5 Å². The summed E-state index contributed by atoms with van der Waals surface area (Å²) in [4.78, 5) is 20.9. The third kappa shape index (κ3) is 3.76. The van der Waals surface area contributed by atoms with Crippen molar-refractivity contribution in [1.82, 2.24) is 5.43 Å². The first kappa shape index (κ1) is 14.9. The third-order valence-corrected chi connectivity index (χ3v) is 3.13. The molecule has 2 rings (SSSR count). The van der Waals surface area contributed by atoms with Gasteiger partial charge in [-0.25, -0.2) is 5.43 Å². The molecule has 0 saturated heterocycles. The monoisotopic (exact) mass is 351 g/mol. The Hall–Kier alpha value is -2.48. The van der Waals surface area contributed by atoms with Crippen LogP contribution < -0.4 is 5.43 Å². The maximum Gasteiger partial charge on any atom is 0.270 e. The van der Waals surface area contributed by atoms with Crippen LogP contribution in [0.2, 0.25) is 0 Å². The lowest BCUT2D eigenvalue weighted by Gasteiger charge is -2.00. The number of hydrogen-bond acceptors (Lipinski definition) is 5. The van der Waals surface area contributed by atoms with E-state index in [-0.39, 0.29) is 11.6 Å². The predicted molar refractivity (Wildman–Crippen MR) is 79.9 cm³/mol. The minimum Gasteiger partial charge on any atom is -0.455 e. The van der Waals surface area contributed by atoms with Gasteiger partial charge < -0.3 is 4.42 Å². The summed E-state index contributed by atoms with van der Waals surface area (Å²) < 4.78 is 6.08. The van der Waals surface area contributed by atoms with Gasteiger partial charge in [0.05, 0.1) is 11.1 Å². The number of carbonyl (C=O) groups excluding carboxylic acids is 1. The molecule has 1 heterocycles.